The Labute approximate surface area is 132 Å². The van der Waals surface area contributed by atoms with Crippen LogP contribution in [-0.4, -0.2) is 66.2 Å². The van der Waals surface area contributed by atoms with Gasteiger partial charge in [-0.25, -0.2) is 19.8 Å². The average Bonchev–Trinajstić information content (AvgIpc) is 2.87. The van der Waals surface area contributed by atoms with E-state index in [0.29, 0.717) is 4.88 Å². The topological polar surface area (TPSA) is 70.6 Å². The number of likely N-dealkylation sites (N-methyl/N-ethyl adjacent to an activating group) is 1. The lowest BCUT2D eigenvalue weighted by Gasteiger charge is -2.32. The molecule has 3 heterocycles. The maximum atomic E-state index is 11.8. The molecule has 0 unspecified atom stereocenters. The second-order valence-corrected chi connectivity index (χ2v) is 6.35. The van der Waals surface area contributed by atoms with Crippen LogP contribution in [0.15, 0.2) is 6.33 Å². The zero-order valence-corrected chi connectivity index (χ0v) is 13.7. The molecule has 8 heteroatoms. The summed E-state index contributed by atoms with van der Waals surface area (Å²) in [4.78, 5) is 24.1. The first-order chi connectivity index (χ1) is 10.6. The van der Waals surface area contributed by atoms with Crippen LogP contribution >= 0.6 is 11.3 Å². The Balaban J connectivity index is 1.93. The predicted octanol–water partition coefficient (Wildman–Crippen LogP) is 1.36. The quantitative estimate of drug-likeness (QED) is 0.856. The van der Waals surface area contributed by atoms with Crippen molar-refractivity contribution in [2.75, 3.05) is 45.8 Å². The molecule has 0 aliphatic carbocycles. The fourth-order valence-electron chi connectivity index (χ4n) is 2.51. The van der Waals surface area contributed by atoms with Crippen LogP contribution in [0.3, 0.4) is 0 Å². The minimum Gasteiger partial charge on any atom is -0.465 e. The van der Waals surface area contributed by atoms with Gasteiger partial charge in [-0.1, -0.05) is 0 Å². The summed E-state index contributed by atoms with van der Waals surface area (Å²) in [6.45, 7) is 5.78. The van der Waals surface area contributed by atoms with Crippen molar-refractivity contribution in [1.82, 2.24) is 19.9 Å². The average molecular weight is 321 g/mol. The minimum absolute atomic E-state index is 0.328. The Morgan fingerprint density at radius 3 is 2.73 bits per heavy atom. The number of nitrogens with zero attached hydrogens (tertiary/aromatic N) is 4. The van der Waals surface area contributed by atoms with Crippen LogP contribution in [0, 0.1) is 6.92 Å². The minimum atomic E-state index is -0.328. The van der Waals surface area contributed by atoms with Gasteiger partial charge in [-0.05, 0) is 19.5 Å². The smallest absolute Gasteiger partial charge is 0.348 e. The van der Waals surface area contributed by atoms with Gasteiger partial charge >= 0.3 is 5.97 Å². The predicted molar refractivity (Wildman–Crippen MR) is 86.2 cm³/mol. The van der Waals surface area contributed by atoms with Gasteiger partial charge in [0.1, 0.15) is 16.0 Å². The molecule has 3 rings (SSSR count). The third-order valence-corrected chi connectivity index (χ3v) is 5.04. The molecule has 0 spiro atoms. The molecule has 0 radical (unpaired) electrons. The zero-order valence-electron chi connectivity index (χ0n) is 12.9. The molecule has 0 atom stereocenters. The number of nitrogens with one attached hydrogen (secondary N) is 1. The van der Waals surface area contributed by atoms with E-state index in [0.717, 1.165) is 47.8 Å². The first-order valence-corrected chi connectivity index (χ1v) is 7.94. The van der Waals surface area contributed by atoms with E-state index in [1.165, 1.54) is 24.8 Å². The molecule has 0 saturated carbocycles. The number of ether oxygens (including phenoxy) is 1. The molecule has 2 aromatic rings. The molecular weight excluding hydrogens is 302 g/mol. The summed E-state index contributed by atoms with van der Waals surface area (Å²) < 4.78 is 4.84. The lowest BCUT2D eigenvalue weighted by molar-refractivity contribution is 0.0605. The number of hydrogen-bond acceptors (Lipinski definition) is 8. The van der Waals surface area contributed by atoms with Crippen molar-refractivity contribution >= 4 is 33.3 Å². The number of thiophene rings is 1. The van der Waals surface area contributed by atoms with Gasteiger partial charge in [-0.3, -0.25) is 0 Å². The van der Waals surface area contributed by atoms with Gasteiger partial charge in [-0.15, -0.1) is 11.3 Å². The van der Waals surface area contributed by atoms with Gasteiger partial charge in [0.25, 0.3) is 0 Å². The number of fused-ring (bicyclic) bond motifs is 1. The fraction of sp³-hybridized carbons (Fsp3) is 0.500. The lowest BCUT2D eigenvalue weighted by atomic mass is 10.2. The highest BCUT2D eigenvalue weighted by Gasteiger charge is 2.21. The van der Waals surface area contributed by atoms with E-state index in [9.17, 15) is 4.79 Å². The second-order valence-electron chi connectivity index (χ2n) is 5.35. The van der Waals surface area contributed by atoms with Gasteiger partial charge in [0.15, 0.2) is 5.82 Å². The van der Waals surface area contributed by atoms with Crippen LogP contribution in [0.5, 0.6) is 0 Å². The highest BCUT2D eigenvalue weighted by Crippen LogP contribution is 2.33. The number of hydrogen-bond donors (Lipinski definition) is 1. The number of carbonyl (C=O) groups is 1. The third kappa shape index (κ3) is 2.77. The molecule has 1 aliphatic heterocycles. The number of aromatic nitrogens is 2. The second kappa shape index (κ2) is 6.15. The number of anilines is 1. The first kappa shape index (κ1) is 15.1. The number of carbonyl (C=O) groups excluding carboxylic acids is 1. The monoisotopic (exact) mass is 321 g/mol. The van der Waals surface area contributed by atoms with Crippen LogP contribution in [0.4, 0.5) is 5.82 Å². The van der Waals surface area contributed by atoms with Gasteiger partial charge in [-0.2, -0.15) is 0 Å². The van der Waals surface area contributed by atoms with E-state index in [2.05, 4.69) is 32.4 Å². The Bertz CT molecular complexity index is 694. The zero-order chi connectivity index (χ0) is 15.7. The van der Waals surface area contributed by atoms with Crippen molar-refractivity contribution in [1.29, 1.82) is 0 Å². The van der Waals surface area contributed by atoms with Crippen LogP contribution in [0.2, 0.25) is 0 Å². The highest BCUT2D eigenvalue weighted by atomic mass is 32.1. The Morgan fingerprint density at radius 1 is 1.32 bits per heavy atom. The number of esters is 1. The van der Waals surface area contributed by atoms with Gasteiger partial charge in [0.05, 0.1) is 12.5 Å². The lowest BCUT2D eigenvalue weighted by Crippen LogP contribution is -2.47. The molecule has 1 aliphatic rings. The summed E-state index contributed by atoms with van der Waals surface area (Å²) in [6.07, 6.45) is 1.53. The fourth-order valence-corrected chi connectivity index (χ4v) is 3.58. The van der Waals surface area contributed by atoms with Crippen molar-refractivity contribution in [3.05, 3.63) is 16.8 Å². The van der Waals surface area contributed by atoms with Crippen LogP contribution in [0.1, 0.15) is 15.2 Å². The molecular formula is C14H19N5O2S. The Morgan fingerprint density at radius 2 is 2.05 bits per heavy atom. The summed E-state index contributed by atoms with van der Waals surface area (Å²) in [5, 5.41) is 3.04. The summed E-state index contributed by atoms with van der Waals surface area (Å²) in [7, 11) is 3.51. The van der Waals surface area contributed by atoms with Crippen molar-refractivity contribution < 1.29 is 9.53 Å². The molecule has 2 aromatic heterocycles. The summed E-state index contributed by atoms with van der Waals surface area (Å²) >= 11 is 1.34. The summed E-state index contributed by atoms with van der Waals surface area (Å²) in [5.74, 6) is 0.421. The third-order valence-electron chi connectivity index (χ3n) is 3.86. The summed E-state index contributed by atoms with van der Waals surface area (Å²) in [5.41, 5.74) is 4.23. The molecule has 118 valence electrons. The van der Waals surface area contributed by atoms with Gasteiger partial charge < -0.3 is 15.1 Å². The maximum Gasteiger partial charge on any atom is 0.348 e. The van der Waals surface area contributed by atoms with Gasteiger partial charge in [0.2, 0.25) is 0 Å². The molecule has 22 heavy (non-hydrogen) atoms. The van der Waals surface area contributed by atoms with Crippen molar-refractivity contribution in [3.8, 4) is 0 Å². The number of aryl methyl sites for hydroxylation is 1. The number of hydrazine groups is 1. The molecule has 1 N–H and O–H groups in total. The van der Waals surface area contributed by atoms with E-state index in [4.69, 9.17) is 4.74 Å². The first-order valence-electron chi connectivity index (χ1n) is 7.12. The van der Waals surface area contributed by atoms with E-state index >= 15 is 0 Å². The van der Waals surface area contributed by atoms with E-state index in [-0.39, 0.29) is 5.97 Å². The molecule has 0 bridgehead atoms. The van der Waals surface area contributed by atoms with Crippen LogP contribution in [0.25, 0.3) is 10.2 Å². The van der Waals surface area contributed by atoms with Crippen molar-refractivity contribution in [3.63, 3.8) is 0 Å². The van der Waals surface area contributed by atoms with Gasteiger partial charge in [0, 0.05) is 26.2 Å². The normalized spacial score (nSPS) is 16.9. The maximum absolute atomic E-state index is 11.8. The number of methoxy groups -OCH3 is 1. The number of rotatable bonds is 3. The van der Waals surface area contributed by atoms with Crippen molar-refractivity contribution in [2.45, 2.75) is 6.92 Å². The van der Waals surface area contributed by atoms with E-state index in [1.807, 2.05) is 6.92 Å². The SMILES string of the molecule is COC(=O)c1sc2ncnc(NN3CCN(C)CC3)c2c1C. The molecule has 1 fully saturated rings. The molecule has 1 saturated heterocycles. The molecule has 7 nitrogen and oxygen atoms in total. The van der Waals surface area contributed by atoms with E-state index in [1.54, 1.807) is 0 Å². The van der Waals surface area contributed by atoms with Crippen LogP contribution in [-0.2, 0) is 4.74 Å². The molecule has 0 amide bonds. The largest absolute Gasteiger partial charge is 0.465 e. The van der Waals surface area contributed by atoms with Crippen LogP contribution < -0.4 is 5.43 Å². The highest BCUT2D eigenvalue weighted by molar-refractivity contribution is 7.20. The van der Waals surface area contributed by atoms with Crippen molar-refractivity contribution in [2.24, 2.45) is 0 Å². The Kier molecular flexibility index (Phi) is 4.23. The molecule has 0 aromatic carbocycles. The summed E-state index contributed by atoms with van der Waals surface area (Å²) in [6, 6.07) is 0. The standard InChI is InChI=1S/C14H19N5O2S/c1-9-10-12(17-19-6-4-18(2)5-7-19)15-8-16-13(10)22-11(9)14(20)21-3/h8H,4-7H2,1-3H3,(H,15,16,17). The van der Waals surface area contributed by atoms with E-state index < -0.39 is 0 Å². The Hall–Kier alpha value is -1.77. The number of piperazine rings is 1.